The summed E-state index contributed by atoms with van der Waals surface area (Å²) in [6.45, 7) is 5.62. The molecular weight excluding hydrogens is 345 g/mol. The number of nitrogens with zero attached hydrogens (tertiary/aromatic N) is 1. The van der Waals surface area contributed by atoms with Crippen molar-refractivity contribution >= 4 is 29.9 Å². The van der Waals surface area contributed by atoms with Gasteiger partial charge in [-0.3, -0.25) is 9.59 Å². The zero-order valence-corrected chi connectivity index (χ0v) is 15.8. The predicted octanol–water partition coefficient (Wildman–Crippen LogP) is 3.06. The highest BCUT2D eigenvalue weighted by molar-refractivity contribution is 5.96. The van der Waals surface area contributed by atoms with Crippen LogP contribution in [0.5, 0.6) is 0 Å². The van der Waals surface area contributed by atoms with E-state index in [-0.39, 0.29) is 41.9 Å². The number of benzene rings is 1. The monoisotopic (exact) mass is 371 g/mol. The molecule has 2 rings (SSSR count). The van der Waals surface area contributed by atoms with Gasteiger partial charge in [-0.1, -0.05) is 13.8 Å². The number of anilines is 1. The highest BCUT2D eigenvalue weighted by atomic mass is 35.5. The molecule has 0 atom stereocenters. The summed E-state index contributed by atoms with van der Waals surface area (Å²) in [4.78, 5) is 26.0. The molecule has 5 nitrogen and oxygen atoms in total. The van der Waals surface area contributed by atoms with Crippen LogP contribution in [0.3, 0.4) is 0 Å². The fourth-order valence-electron chi connectivity index (χ4n) is 2.88. The molecule has 1 aromatic carbocycles. The van der Waals surface area contributed by atoms with Gasteiger partial charge in [0.2, 0.25) is 5.91 Å². The molecule has 0 radical (unpaired) electrons. The number of carbonyl (C=O) groups is 2. The summed E-state index contributed by atoms with van der Waals surface area (Å²) < 4.78 is 14.2. The molecule has 0 aromatic heterocycles. The molecule has 0 unspecified atom stereocenters. The van der Waals surface area contributed by atoms with E-state index in [1.165, 1.54) is 12.1 Å². The Kier molecular flexibility index (Phi) is 8.32. The maximum absolute atomic E-state index is 14.2. The molecule has 25 heavy (non-hydrogen) atoms. The molecule has 1 aliphatic heterocycles. The van der Waals surface area contributed by atoms with Gasteiger partial charge < -0.3 is 15.5 Å². The van der Waals surface area contributed by atoms with E-state index >= 15 is 0 Å². The Morgan fingerprint density at radius 2 is 1.96 bits per heavy atom. The first-order valence-corrected chi connectivity index (χ1v) is 8.45. The van der Waals surface area contributed by atoms with Crippen LogP contribution in [0.25, 0.3) is 0 Å². The molecule has 1 heterocycles. The zero-order chi connectivity index (χ0) is 17.7. The Hall–Kier alpha value is -1.66. The topological polar surface area (TPSA) is 61.4 Å². The van der Waals surface area contributed by atoms with Gasteiger partial charge in [-0.05, 0) is 50.0 Å². The van der Waals surface area contributed by atoms with Crippen molar-refractivity contribution in [2.45, 2.75) is 39.2 Å². The van der Waals surface area contributed by atoms with Crippen molar-refractivity contribution < 1.29 is 14.0 Å². The lowest BCUT2D eigenvalue weighted by Gasteiger charge is -2.31. The summed E-state index contributed by atoms with van der Waals surface area (Å²) in [5, 5.41) is 5.81. The van der Waals surface area contributed by atoms with Gasteiger partial charge in [0.15, 0.2) is 0 Å². The van der Waals surface area contributed by atoms with Crippen LogP contribution in [0.1, 0.15) is 43.5 Å². The summed E-state index contributed by atoms with van der Waals surface area (Å²) in [6, 6.07) is 4.39. The third kappa shape index (κ3) is 5.97. The Morgan fingerprint density at radius 1 is 1.32 bits per heavy atom. The van der Waals surface area contributed by atoms with E-state index in [0.29, 0.717) is 12.0 Å². The molecule has 0 bridgehead atoms. The summed E-state index contributed by atoms with van der Waals surface area (Å²) >= 11 is 0. The fraction of sp³-hybridized carbons (Fsp3) is 0.556. The first kappa shape index (κ1) is 21.4. The second-order valence-electron chi connectivity index (χ2n) is 6.74. The third-order valence-corrected chi connectivity index (χ3v) is 4.26. The lowest BCUT2D eigenvalue weighted by molar-refractivity contribution is -0.116. The van der Waals surface area contributed by atoms with Crippen LogP contribution in [0.2, 0.25) is 0 Å². The number of hydrogen-bond donors (Lipinski definition) is 2. The second kappa shape index (κ2) is 9.73. The van der Waals surface area contributed by atoms with E-state index in [0.717, 1.165) is 25.9 Å². The summed E-state index contributed by atoms with van der Waals surface area (Å²) in [7, 11) is 1.76. The molecule has 2 N–H and O–H groups in total. The van der Waals surface area contributed by atoms with Crippen LogP contribution < -0.4 is 10.6 Å². The lowest BCUT2D eigenvalue weighted by atomic mass is 10.0. The molecule has 0 saturated carbocycles. The molecule has 0 spiro atoms. The minimum absolute atomic E-state index is 0. The largest absolute Gasteiger partial charge is 0.339 e. The highest BCUT2D eigenvalue weighted by Crippen LogP contribution is 2.19. The summed E-state index contributed by atoms with van der Waals surface area (Å²) in [5.74, 6) is -0.806. The normalized spacial score (nSPS) is 14.8. The van der Waals surface area contributed by atoms with Gasteiger partial charge in [0, 0.05) is 25.1 Å². The van der Waals surface area contributed by atoms with Crippen molar-refractivity contribution in [3.63, 3.8) is 0 Å². The molecule has 1 aliphatic rings. The number of nitrogens with one attached hydrogen (secondary N) is 2. The van der Waals surface area contributed by atoms with Crippen molar-refractivity contribution in [2.75, 3.05) is 25.5 Å². The van der Waals surface area contributed by atoms with E-state index in [2.05, 4.69) is 10.6 Å². The van der Waals surface area contributed by atoms with Gasteiger partial charge in [0.1, 0.15) is 5.82 Å². The molecule has 1 saturated heterocycles. The molecular formula is C18H27ClFN3O2. The fourth-order valence-corrected chi connectivity index (χ4v) is 2.88. The quantitative estimate of drug-likeness (QED) is 0.836. The van der Waals surface area contributed by atoms with Crippen molar-refractivity contribution in [2.24, 2.45) is 5.92 Å². The molecule has 2 amide bonds. The summed E-state index contributed by atoms with van der Waals surface area (Å²) in [6.07, 6.45) is 2.13. The Balaban J connectivity index is 0.00000312. The number of carbonyl (C=O) groups excluding carboxylic acids is 2. The van der Waals surface area contributed by atoms with Crippen LogP contribution in [0.4, 0.5) is 10.1 Å². The van der Waals surface area contributed by atoms with E-state index in [4.69, 9.17) is 0 Å². The lowest BCUT2D eigenvalue weighted by Crippen LogP contribution is -2.44. The molecule has 140 valence electrons. The predicted molar refractivity (Wildman–Crippen MR) is 99.7 cm³/mol. The van der Waals surface area contributed by atoms with Crippen LogP contribution in [-0.4, -0.2) is 42.9 Å². The first-order valence-electron chi connectivity index (χ1n) is 8.45. The van der Waals surface area contributed by atoms with E-state index < -0.39 is 5.82 Å². The van der Waals surface area contributed by atoms with E-state index in [1.54, 1.807) is 18.0 Å². The summed E-state index contributed by atoms with van der Waals surface area (Å²) in [5.41, 5.74) is 0.414. The van der Waals surface area contributed by atoms with Crippen LogP contribution in [0.15, 0.2) is 18.2 Å². The SMILES string of the molecule is CC(C)CC(=O)Nc1ccc(C(=O)N(C)C2CCNCC2)cc1F.Cl. The third-order valence-electron chi connectivity index (χ3n) is 4.26. The van der Waals surface area contributed by atoms with Crippen molar-refractivity contribution in [1.29, 1.82) is 0 Å². The smallest absolute Gasteiger partial charge is 0.253 e. The van der Waals surface area contributed by atoms with Crippen LogP contribution in [0, 0.1) is 11.7 Å². The number of piperidine rings is 1. The number of halogens is 2. The van der Waals surface area contributed by atoms with Gasteiger partial charge in [-0.2, -0.15) is 0 Å². The number of hydrogen-bond acceptors (Lipinski definition) is 3. The van der Waals surface area contributed by atoms with Gasteiger partial charge in [-0.25, -0.2) is 4.39 Å². The van der Waals surface area contributed by atoms with Gasteiger partial charge >= 0.3 is 0 Å². The number of amides is 2. The van der Waals surface area contributed by atoms with Crippen molar-refractivity contribution in [3.05, 3.63) is 29.6 Å². The Bertz CT molecular complexity index is 604. The van der Waals surface area contributed by atoms with Gasteiger partial charge in [0.25, 0.3) is 5.91 Å². The Labute approximate surface area is 154 Å². The first-order chi connectivity index (χ1) is 11.4. The maximum atomic E-state index is 14.2. The zero-order valence-electron chi connectivity index (χ0n) is 15.0. The van der Waals surface area contributed by atoms with E-state index in [9.17, 15) is 14.0 Å². The second-order valence-corrected chi connectivity index (χ2v) is 6.74. The van der Waals surface area contributed by atoms with Gasteiger partial charge in [-0.15, -0.1) is 12.4 Å². The van der Waals surface area contributed by atoms with Crippen molar-refractivity contribution in [1.82, 2.24) is 10.2 Å². The minimum atomic E-state index is -0.586. The van der Waals surface area contributed by atoms with E-state index in [1.807, 2.05) is 13.8 Å². The molecule has 1 fully saturated rings. The van der Waals surface area contributed by atoms with Crippen molar-refractivity contribution in [3.8, 4) is 0 Å². The van der Waals surface area contributed by atoms with Crippen LogP contribution in [-0.2, 0) is 4.79 Å². The molecule has 1 aromatic rings. The molecule has 7 heteroatoms. The molecule has 0 aliphatic carbocycles. The highest BCUT2D eigenvalue weighted by Gasteiger charge is 2.23. The average Bonchev–Trinajstić information content (AvgIpc) is 2.55. The Morgan fingerprint density at radius 3 is 2.52 bits per heavy atom. The maximum Gasteiger partial charge on any atom is 0.253 e. The average molecular weight is 372 g/mol. The van der Waals surface area contributed by atoms with Crippen LogP contribution >= 0.6 is 12.4 Å². The number of rotatable bonds is 5. The minimum Gasteiger partial charge on any atom is -0.339 e. The van der Waals surface area contributed by atoms with Gasteiger partial charge in [0.05, 0.1) is 5.69 Å². The standard InChI is InChI=1S/C18H26FN3O2.ClH/c1-12(2)10-17(23)21-16-5-4-13(11-15(16)19)18(24)22(3)14-6-8-20-9-7-14;/h4-5,11-12,14,20H,6-10H2,1-3H3,(H,21,23);1H.